The molecule has 1 aliphatic rings. The van der Waals surface area contributed by atoms with Crippen LogP contribution in [0.15, 0.2) is 18.3 Å². The van der Waals surface area contributed by atoms with E-state index in [-0.39, 0.29) is 11.9 Å². The van der Waals surface area contributed by atoms with Crippen molar-refractivity contribution >= 4 is 17.5 Å². The third-order valence-corrected chi connectivity index (χ3v) is 3.91. The summed E-state index contributed by atoms with van der Waals surface area (Å²) >= 11 is 6.01. The molecule has 0 aliphatic carbocycles. The zero-order valence-corrected chi connectivity index (χ0v) is 11.5. The lowest BCUT2D eigenvalue weighted by molar-refractivity contribution is 0.0699. The number of amides is 1. The predicted molar refractivity (Wildman–Crippen MR) is 73.0 cm³/mol. The molecule has 1 aliphatic heterocycles. The zero-order valence-electron chi connectivity index (χ0n) is 10.7. The van der Waals surface area contributed by atoms with Crippen LogP contribution in [0.2, 0.25) is 0 Å². The predicted octanol–water partition coefficient (Wildman–Crippen LogP) is 3.01. The smallest absolute Gasteiger partial charge is 0.255 e. The van der Waals surface area contributed by atoms with Crippen molar-refractivity contribution in [2.24, 2.45) is 0 Å². The zero-order chi connectivity index (χ0) is 13.0. The van der Waals surface area contributed by atoms with Gasteiger partial charge in [0, 0.05) is 30.4 Å². The number of alkyl halides is 1. The second-order valence-electron chi connectivity index (χ2n) is 4.79. The molecule has 0 aromatic carbocycles. The SMILES string of the molecule is Cc1ncccc1C(=O)N1CCCCCC1CCl. The molecular formula is C14H19ClN2O. The van der Waals surface area contributed by atoms with Crippen molar-refractivity contribution in [2.75, 3.05) is 12.4 Å². The molecule has 1 amide bonds. The van der Waals surface area contributed by atoms with E-state index >= 15 is 0 Å². The molecular weight excluding hydrogens is 248 g/mol. The van der Waals surface area contributed by atoms with Gasteiger partial charge in [0.25, 0.3) is 5.91 Å². The van der Waals surface area contributed by atoms with Crippen molar-refractivity contribution in [3.05, 3.63) is 29.6 Å². The highest BCUT2D eigenvalue weighted by Gasteiger charge is 2.26. The fourth-order valence-electron chi connectivity index (χ4n) is 2.47. The Hall–Kier alpha value is -1.09. The molecule has 1 unspecified atom stereocenters. The molecule has 18 heavy (non-hydrogen) atoms. The van der Waals surface area contributed by atoms with Crippen molar-refractivity contribution in [1.82, 2.24) is 9.88 Å². The van der Waals surface area contributed by atoms with Gasteiger partial charge in [0.15, 0.2) is 0 Å². The third kappa shape index (κ3) is 2.83. The highest BCUT2D eigenvalue weighted by molar-refractivity contribution is 6.18. The molecule has 98 valence electrons. The molecule has 1 fully saturated rings. The lowest BCUT2D eigenvalue weighted by atomic mass is 10.1. The van der Waals surface area contributed by atoms with Crippen LogP contribution in [0, 0.1) is 6.92 Å². The van der Waals surface area contributed by atoms with Crippen LogP contribution < -0.4 is 0 Å². The fourth-order valence-corrected chi connectivity index (χ4v) is 2.79. The summed E-state index contributed by atoms with van der Waals surface area (Å²) in [6.07, 6.45) is 6.14. The quantitative estimate of drug-likeness (QED) is 0.771. The first-order valence-corrected chi connectivity index (χ1v) is 7.06. The van der Waals surface area contributed by atoms with Crippen molar-refractivity contribution in [3.63, 3.8) is 0 Å². The minimum absolute atomic E-state index is 0.0770. The summed E-state index contributed by atoms with van der Waals surface area (Å²) < 4.78 is 0. The van der Waals surface area contributed by atoms with Gasteiger partial charge in [-0.2, -0.15) is 0 Å². The number of carbonyl (C=O) groups is 1. The van der Waals surface area contributed by atoms with E-state index in [9.17, 15) is 4.79 Å². The fraction of sp³-hybridized carbons (Fsp3) is 0.571. The standard InChI is InChI=1S/C14H19ClN2O/c1-11-13(7-5-8-16-11)14(18)17-9-4-2-3-6-12(17)10-15/h5,7-8,12H,2-4,6,9-10H2,1H3. The second-order valence-corrected chi connectivity index (χ2v) is 5.10. The number of aromatic nitrogens is 1. The van der Waals surface area contributed by atoms with Crippen LogP contribution in [-0.2, 0) is 0 Å². The van der Waals surface area contributed by atoms with Crippen LogP contribution in [0.4, 0.5) is 0 Å². The third-order valence-electron chi connectivity index (χ3n) is 3.55. The summed E-state index contributed by atoms with van der Waals surface area (Å²) in [6.45, 7) is 2.69. The molecule has 0 radical (unpaired) electrons. The molecule has 1 aromatic heterocycles. The van der Waals surface area contributed by atoms with E-state index in [0.717, 1.165) is 31.5 Å². The Morgan fingerprint density at radius 1 is 1.50 bits per heavy atom. The first kappa shape index (κ1) is 13.3. The largest absolute Gasteiger partial charge is 0.334 e. The van der Waals surface area contributed by atoms with Crippen molar-refractivity contribution in [1.29, 1.82) is 0 Å². The average Bonchev–Trinajstić information content (AvgIpc) is 2.63. The normalized spacial score (nSPS) is 20.6. The first-order chi connectivity index (χ1) is 8.74. The topological polar surface area (TPSA) is 33.2 Å². The van der Waals surface area contributed by atoms with Gasteiger partial charge in [-0.3, -0.25) is 9.78 Å². The Kier molecular flexibility index (Phi) is 4.59. The van der Waals surface area contributed by atoms with E-state index in [1.54, 1.807) is 6.20 Å². The second kappa shape index (κ2) is 6.19. The number of hydrogen-bond acceptors (Lipinski definition) is 2. The monoisotopic (exact) mass is 266 g/mol. The first-order valence-electron chi connectivity index (χ1n) is 6.52. The number of aryl methyl sites for hydroxylation is 1. The molecule has 0 spiro atoms. The van der Waals surface area contributed by atoms with Gasteiger partial charge in [0.05, 0.1) is 5.56 Å². The van der Waals surface area contributed by atoms with Crippen molar-refractivity contribution < 1.29 is 4.79 Å². The van der Waals surface area contributed by atoms with E-state index in [1.165, 1.54) is 6.42 Å². The van der Waals surface area contributed by atoms with E-state index in [4.69, 9.17) is 11.6 Å². The van der Waals surface area contributed by atoms with E-state index < -0.39 is 0 Å². The van der Waals surface area contributed by atoms with Crippen molar-refractivity contribution in [3.8, 4) is 0 Å². The van der Waals surface area contributed by atoms with Crippen LogP contribution >= 0.6 is 11.6 Å². The molecule has 1 saturated heterocycles. The molecule has 3 nitrogen and oxygen atoms in total. The summed E-state index contributed by atoms with van der Waals surface area (Å²) in [7, 11) is 0. The molecule has 1 aromatic rings. The summed E-state index contributed by atoms with van der Waals surface area (Å²) in [4.78, 5) is 18.7. The maximum absolute atomic E-state index is 12.6. The Morgan fingerprint density at radius 3 is 3.06 bits per heavy atom. The minimum atomic E-state index is 0.0770. The number of halogens is 1. The molecule has 0 saturated carbocycles. The Labute approximate surface area is 113 Å². The summed E-state index contributed by atoms with van der Waals surface area (Å²) in [5.74, 6) is 0.596. The highest BCUT2D eigenvalue weighted by atomic mass is 35.5. The highest BCUT2D eigenvalue weighted by Crippen LogP contribution is 2.21. The molecule has 4 heteroatoms. The van der Waals surface area contributed by atoms with Gasteiger partial charge >= 0.3 is 0 Å². The Balaban J connectivity index is 2.23. The molecule has 2 heterocycles. The van der Waals surface area contributed by atoms with Gasteiger partial charge in [-0.25, -0.2) is 0 Å². The lowest BCUT2D eigenvalue weighted by Crippen LogP contribution is -2.41. The van der Waals surface area contributed by atoms with Gasteiger partial charge in [-0.05, 0) is 31.9 Å². The van der Waals surface area contributed by atoms with Gasteiger partial charge < -0.3 is 4.90 Å². The number of pyridine rings is 1. The van der Waals surface area contributed by atoms with Crippen LogP contribution in [0.25, 0.3) is 0 Å². The van der Waals surface area contributed by atoms with Gasteiger partial charge in [0.1, 0.15) is 0 Å². The lowest BCUT2D eigenvalue weighted by Gasteiger charge is -2.29. The van der Waals surface area contributed by atoms with Gasteiger partial charge in [-0.1, -0.05) is 12.8 Å². The van der Waals surface area contributed by atoms with Crippen LogP contribution in [0.3, 0.4) is 0 Å². The summed E-state index contributed by atoms with van der Waals surface area (Å²) in [5, 5.41) is 0. The summed E-state index contributed by atoms with van der Waals surface area (Å²) in [6, 6.07) is 3.83. The van der Waals surface area contributed by atoms with Crippen LogP contribution in [-0.4, -0.2) is 34.3 Å². The Morgan fingerprint density at radius 2 is 2.33 bits per heavy atom. The number of nitrogens with zero attached hydrogens (tertiary/aromatic N) is 2. The van der Waals surface area contributed by atoms with Crippen molar-refractivity contribution in [2.45, 2.75) is 38.6 Å². The van der Waals surface area contributed by atoms with Crippen LogP contribution in [0.1, 0.15) is 41.7 Å². The molecule has 0 bridgehead atoms. The number of carbonyl (C=O) groups excluding carboxylic acids is 1. The maximum atomic E-state index is 12.6. The number of hydrogen-bond donors (Lipinski definition) is 0. The average molecular weight is 267 g/mol. The summed E-state index contributed by atoms with van der Waals surface area (Å²) in [5.41, 5.74) is 1.49. The number of likely N-dealkylation sites (tertiary alicyclic amines) is 1. The van der Waals surface area contributed by atoms with E-state index in [2.05, 4.69) is 4.98 Å². The van der Waals surface area contributed by atoms with E-state index in [1.807, 2.05) is 24.0 Å². The maximum Gasteiger partial charge on any atom is 0.255 e. The molecule has 2 rings (SSSR count). The Bertz CT molecular complexity index is 422. The molecule has 0 N–H and O–H groups in total. The van der Waals surface area contributed by atoms with Gasteiger partial charge in [-0.15, -0.1) is 11.6 Å². The molecule has 1 atom stereocenters. The number of rotatable bonds is 2. The van der Waals surface area contributed by atoms with Crippen LogP contribution in [0.5, 0.6) is 0 Å². The van der Waals surface area contributed by atoms with Gasteiger partial charge in [0.2, 0.25) is 0 Å². The van der Waals surface area contributed by atoms with E-state index in [0.29, 0.717) is 11.4 Å². The minimum Gasteiger partial charge on any atom is -0.334 e.